The van der Waals surface area contributed by atoms with Gasteiger partial charge in [0.15, 0.2) is 0 Å². The molecule has 1 aromatic carbocycles. The molecule has 0 saturated carbocycles. The third-order valence-corrected chi connectivity index (χ3v) is 7.64. The summed E-state index contributed by atoms with van der Waals surface area (Å²) in [5.74, 6) is -2.21. The van der Waals surface area contributed by atoms with Gasteiger partial charge in [0, 0.05) is 42.1 Å². The van der Waals surface area contributed by atoms with Crippen LogP contribution in [-0.2, 0) is 19.1 Å². The highest BCUT2D eigenvalue weighted by molar-refractivity contribution is 5.93. The average Bonchev–Trinajstić information content (AvgIpc) is 3.38. The monoisotopic (exact) mass is 598 g/mol. The number of unbranched alkanes of at least 4 members (excludes halogenated alkanes) is 1. The zero-order valence-corrected chi connectivity index (χ0v) is 26.5. The zero-order valence-electron chi connectivity index (χ0n) is 26.5. The molecule has 1 fully saturated rings. The van der Waals surface area contributed by atoms with Crippen molar-refractivity contribution in [1.82, 2.24) is 25.8 Å². The Kier molecular flexibility index (Phi) is 12.0. The standard InChI is InChI=1S/C32H50N6O5/c1-20(2)35-31(42)38-17-11-12-22(19-38)28(39)37-27(21(3)24-18-34-25-14-8-7-13-23(24)25)29(40)36-26(15-9-10-16-33)30(41)43-32(4,5)6/h7-8,13-14,18,20-22,26-27,34H,9-12,15-17,19,33H2,1-6H3,(H,35,42)(H,36,40)(H,37,39)/t21-,22?,26-,27?/m0/s1. The van der Waals surface area contributed by atoms with Crippen molar-refractivity contribution in [3.63, 3.8) is 0 Å². The number of esters is 1. The van der Waals surface area contributed by atoms with Crippen LogP contribution in [-0.4, -0.2) is 77.1 Å². The van der Waals surface area contributed by atoms with Crippen LogP contribution in [0.4, 0.5) is 4.79 Å². The lowest BCUT2D eigenvalue weighted by molar-refractivity contribution is -0.159. The Hall–Kier alpha value is -3.60. The van der Waals surface area contributed by atoms with Crippen LogP contribution >= 0.6 is 0 Å². The lowest BCUT2D eigenvalue weighted by Gasteiger charge is -2.34. The van der Waals surface area contributed by atoms with E-state index >= 15 is 0 Å². The van der Waals surface area contributed by atoms with Gasteiger partial charge in [-0.2, -0.15) is 0 Å². The summed E-state index contributed by atoms with van der Waals surface area (Å²) in [6.45, 7) is 12.3. The quantitative estimate of drug-likeness (QED) is 0.186. The smallest absolute Gasteiger partial charge is 0.329 e. The summed E-state index contributed by atoms with van der Waals surface area (Å²) in [5.41, 5.74) is 6.74. The molecule has 0 bridgehead atoms. The first-order chi connectivity index (χ1) is 20.3. The maximum absolute atomic E-state index is 14.0. The Morgan fingerprint density at radius 3 is 2.47 bits per heavy atom. The summed E-state index contributed by atoms with van der Waals surface area (Å²) in [6.07, 6.45) is 4.83. The number of hydrogen-bond acceptors (Lipinski definition) is 6. The summed E-state index contributed by atoms with van der Waals surface area (Å²) in [6, 6.07) is 5.68. The van der Waals surface area contributed by atoms with Crippen LogP contribution in [0.25, 0.3) is 10.9 Å². The number of fused-ring (bicyclic) bond motifs is 1. The number of nitrogens with one attached hydrogen (secondary N) is 4. The highest BCUT2D eigenvalue weighted by atomic mass is 16.6. The first kappa shape index (κ1) is 33.9. The van der Waals surface area contributed by atoms with Crippen molar-refractivity contribution in [3.05, 3.63) is 36.0 Å². The molecule has 1 aromatic heterocycles. The SMILES string of the molecule is CC(C)NC(=O)N1CCCC(C(=O)NC(C(=O)N[C@@H](CCCCN)C(=O)OC(C)(C)C)[C@@H](C)c2c[nH]c3ccccc23)C1. The predicted molar refractivity (Wildman–Crippen MR) is 167 cm³/mol. The number of aromatic nitrogens is 1. The zero-order chi connectivity index (χ0) is 31.7. The minimum absolute atomic E-state index is 0.0189. The Bertz CT molecular complexity index is 1250. The molecule has 1 aliphatic rings. The van der Waals surface area contributed by atoms with Crippen molar-refractivity contribution in [2.75, 3.05) is 19.6 Å². The van der Waals surface area contributed by atoms with E-state index in [1.165, 1.54) is 0 Å². The highest BCUT2D eigenvalue weighted by Crippen LogP contribution is 2.29. The van der Waals surface area contributed by atoms with Gasteiger partial charge < -0.3 is 36.3 Å². The molecule has 3 rings (SSSR count). The number of aromatic amines is 1. The van der Waals surface area contributed by atoms with E-state index in [9.17, 15) is 19.2 Å². The van der Waals surface area contributed by atoms with Gasteiger partial charge in [-0.05, 0) is 84.9 Å². The van der Waals surface area contributed by atoms with Crippen molar-refractivity contribution >= 4 is 34.7 Å². The first-order valence-electron chi connectivity index (χ1n) is 15.5. The van der Waals surface area contributed by atoms with Gasteiger partial charge >= 0.3 is 12.0 Å². The molecule has 2 aromatic rings. The lowest BCUT2D eigenvalue weighted by atomic mass is 9.90. The molecule has 4 atom stereocenters. The predicted octanol–water partition coefficient (Wildman–Crippen LogP) is 3.54. The molecule has 0 radical (unpaired) electrons. The Balaban J connectivity index is 1.87. The molecule has 11 nitrogen and oxygen atoms in total. The number of likely N-dealkylation sites (tertiary alicyclic amines) is 1. The number of para-hydroxylation sites is 1. The van der Waals surface area contributed by atoms with Crippen LogP contribution in [0.15, 0.2) is 30.5 Å². The number of nitrogens with zero attached hydrogens (tertiary/aromatic N) is 1. The molecule has 2 unspecified atom stereocenters. The van der Waals surface area contributed by atoms with Crippen molar-refractivity contribution < 1.29 is 23.9 Å². The van der Waals surface area contributed by atoms with E-state index < -0.39 is 41.4 Å². The third-order valence-electron chi connectivity index (χ3n) is 7.64. The number of carbonyl (C=O) groups excluding carboxylic acids is 4. The normalized spacial score (nSPS) is 17.7. The van der Waals surface area contributed by atoms with Gasteiger partial charge in [-0.25, -0.2) is 9.59 Å². The molecule has 1 aliphatic heterocycles. The molecule has 4 amide bonds. The van der Waals surface area contributed by atoms with E-state index in [4.69, 9.17) is 10.5 Å². The Morgan fingerprint density at radius 1 is 1.07 bits per heavy atom. The number of carbonyl (C=O) groups is 4. The molecular formula is C32H50N6O5. The van der Waals surface area contributed by atoms with Gasteiger partial charge in [0.25, 0.3) is 0 Å². The van der Waals surface area contributed by atoms with Crippen molar-refractivity contribution in [2.24, 2.45) is 11.7 Å². The van der Waals surface area contributed by atoms with Crippen LogP contribution in [0.3, 0.4) is 0 Å². The fourth-order valence-electron chi connectivity index (χ4n) is 5.43. The van der Waals surface area contributed by atoms with Crippen molar-refractivity contribution in [1.29, 1.82) is 0 Å². The van der Waals surface area contributed by atoms with Gasteiger partial charge in [0.05, 0.1) is 5.92 Å². The van der Waals surface area contributed by atoms with Gasteiger partial charge in [0.1, 0.15) is 17.7 Å². The van der Waals surface area contributed by atoms with Gasteiger partial charge in [0.2, 0.25) is 11.8 Å². The molecule has 0 aliphatic carbocycles. The van der Waals surface area contributed by atoms with Gasteiger partial charge in [-0.15, -0.1) is 0 Å². The van der Waals surface area contributed by atoms with Crippen LogP contribution in [0, 0.1) is 5.92 Å². The number of H-pyrrole nitrogens is 1. The molecule has 2 heterocycles. The minimum atomic E-state index is -0.981. The van der Waals surface area contributed by atoms with E-state index in [2.05, 4.69) is 20.9 Å². The number of rotatable bonds is 12. The largest absolute Gasteiger partial charge is 0.458 e. The number of benzene rings is 1. The molecule has 0 spiro atoms. The number of hydrogen-bond donors (Lipinski definition) is 5. The minimum Gasteiger partial charge on any atom is -0.458 e. The fraction of sp³-hybridized carbons (Fsp3) is 0.625. The highest BCUT2D eigenvalue weighted by Gasteiger charge is 2.36. The molecular weight excluding hydrogens is 548 g/mol. The van der Waals surface area contributed by atoms with Gasteiger partial charge in [-0.3, -0.25) is 9.59 Å². The summed E-state index contributed by atoms with van der Waals surface area (Å²) in [5, 5.41) is 9.73. The third kappa shape index (κ3) is 9.71. The van der Waals surface area contributed by atoms with Crippen LogP contribution in [0.2, 0.25) is 0 Å². The number of piperidine rings is 1. The van der Waals surface area contributed by atoms with Crippen molar-refractivity contribution in [3.8, 4) is 0 Å². The van der Waals surface area contributed by atoms with E-state index in [1.54, 1.807) is 25.7 Å². The second kappa shape index (κ2) is 15.2. The maximum atomic E-state index is 14.0. The first-order valence-corrected chi connectivity index (χ1v) is 15.5. The maximum Gasteiger partial charge on any atom is 0.329 e. The van der Waals surface area contributed by atoms with Crippen LogP contribution < -0.4 is 21.7 Å². The summed E-state index contributed by atoms with van der Waals surface area (Å²) in [7, 11) is 0. The molecule has 238 valence electrons. The molecule has 43 heavy (non-hydrogen) atoms. The van der Waals surface area contributed by atoms with Crippen molar-refractivity contribution in [2.45, 2.75) is 103 Å². The topological polar surface area (TPSA) is 159 Å². The fourth-order valence-corrected chi connectivity index (χ4v) is 5.43. The van der Waals surface area contributed by atoms with E-state index in [-0.39, 0.29) is 24.5 Å². The van der Waals surface area contributed by atoms with E-state index in [1.807, 2.05) is 51.2 Å². The average molecular weight is 599 g/mol. The lowest BCUT2D eigenvalue weighted by Crippen LogP contribution is -2.56. The van der Waals surface area contributed by atoms with Gasteiger partial charge in [-0.1, -0.05) is 25.1 Å². The van der Waals surface area contributed by atoms with Crippen LogP contribution in [0.1, 0.15) is 85.1 Å². The number of urea groups is 1. The summed E-state index contributed by atoms with van der Waals surface area (Å²) >= 11 is 0. The molecule has 6 N–H and O–H groups in total. The van der Waals surface area contributed by atoms with Crippen LogP contribution in [0.5, 0.6) is 0 Å². The summed E-state index contributed by atoms with van der Waals surface area (Å²) in [4.78, 5) is 58.4. The summed E-state index contributed by atoms with van der Waals surface area (Å²) < 4.78 is 5.62. The second-order valence-electron chi connectivity index (χ2n) is 12.8. The molecule has 11 heteroatoms. The Labute approximate surface area is 255 Å². The van der Waals surface area contributed by atoms with E-state index in [0.29, 0.717) is 45.2 Å². The van der Waals surface area contributed by atoms with E-state index in [0.717, 1.165) is 16.5 Å². The Morgan fingerprint density at radius 2 is 1.79 bits per heavy atom. The number of nitrogens with two attached hydrogens (primary N) is 1. The second-order valence-corrected chi connectivity index (χ2v) is 12.8. The molecule has 1 saturated heterocycles. The number of ether oxygens (including phenoxy) is 1. The number of amides is 4.